The molecule has 0 spiro atoms. The Balaban J connectivity index is 2.28. The van der Waals surface area contributed by atoms with Gasteiger partial charge in [0.05, 0.1) is 18.6 Å². The number of ether oxygens (including phenoxy) is 2. The van der Waals surface area contributed by atoms with Crippen molar-refractivity contribution in [3.8, 4) is 11.8 Å². The number of carbonyl (C=O) groups excluding carboxylic acids is 1. The first-order chi connectivity index (χ1) is 9.79. The van der Waals surface area contributed by atoms with Gasteiger partial charge in [0.15, 0.2) is 0 Å². The maximum Gasteiger partial charge on any atom is 0.412 e. The molecule has 0 aliphatic heterocycles. The Morgan fingerprint density at radius 2 is 2.05 bits per heavy atom. The number of amides is 1. The molecule has 1 amide bonds. The van der Waals surface area contributed by atoms with E-state index in [1.165, 1.54) is 0 Å². The van der Waals surface area contributed by atoms with Crippen LogP contribution in [0.15, 0.2) is 18.2 Å². The van der Waals surface area contributed by atoms with Crippen LogP contribution in [-0.4, -0.2) is 18.8 Å². The van der Waals surface area contributed by atoms with Gasteiger partial charge in [-0.25, -0.2) is 4.79 Å². The molecule has 1 aromatic carbocycles. The van der Waals surface area contributed by atoms with Gasteiger partial charge < -0.3 is 9.47 Å². The number of hydrogen-bond donors (Lipinski definition) is 1. The molecular formula is C16H20N2O3. The van der Waals surface area contributed by atoms with Crippen LogP contribution in [0.1, 0.15) is 39.2 Å². The average molecular weight is 288 g/mol. The lowest BCUT2D eigenvalue weighted by Gasteiger charge is -2.21. The predicted molar refractivity (Wildman–Crippen MR) is 79.4 cm³/mol. The normalized spacial score (nSPS) is 15.8. The summed E-state index contributed by atoms with van der Waals surface area (Å²) in [6, 6.07) is 7.64. The SMILES string of the molecule is COc1ccc(NC(=O)OC(C)(C)C)c(C2(C#N)CC2)c1. The van der Waals surface area contributed by atoms with Gasteiger partial charge in [0, 0.05) is 5.69 Å². The molecule has 0 unspecified atom stereocenters. The van der Waals surface area contributed by atoms with Crippen molar-refractivity contribution in [3.63, 3.8) is 0 Å². The van der Waals surface area contributed by atoms with Gasteiger partial charge in [0.1, 0.15) is 11.4 Å². The van der Waals surface area contributed by atoms with E-state index < -0.39 is 17.1 Å². The Morgan fingerprint density at radius 3 is 2.52 bits per heavy atom. The van der Waals surface area contributed by atoms with Crippen LogP contribution in [0.4, 0.5) is 10.5 Å². The molecular weight excluding hydrogens is 268 g/mol. The summed E-state index contributed by atoms with van der Waals surface area (Å²) in [5.74, 6) is 0.668. The number of methoxy groups -OCH3 is 1. The number of anilines is 1. The summed E-state index contributed by atoms with van der Waals surface area (Å²) in [6.07, 6.45) is 1.06. The second-order valence-electron chi connectivity index (χ2n) is 6.23. The molecule has 5 heteroatoms. The van der Waals surface area contributed by atoms with Crippen molar-refractivity contribution in [1.82, 2.24) is 0 Å². The van der Waals surface area contributed by atoms with Crippen molar-refractivity contribution >= 4 is 11.8 Å². The molecule has 1 saturated carbocycles. The quantitative estimate of drug-likeness (QED) is 0.922. The van der Waals surface area contributed by atoms with Crippen LogP contribution in [0.2, 0.25) is 0 Å². The molecule has 1 aromatic rings. The van der Waals surface area contributed by atoms with Crippen molar-refractivity contribution in [2.45, 2.75) is 44.6 Å². The van der Waals surface area contributed by atoms with E-state index >= 15 is 0 Å². The summed E-state index contributed by atoms with van der Waals surface area (Å²) in [4.78, 5) is 11.9. The van der Waals surface area contributed by atoms with Crippen LogP contribution in [0, 0.1) is 11.3 Å². The van der Waals surface area contributed by atoms with Crippen LogP contribution in [0.5, 0.6) is 5.75 Å². The molecule has 0 heterocycles. The van der Waals surface area contributed by atoms with Crippen molar-refractivity contribution in [1.29, 1.82) is 5.26 Å². The number of carbonyl (C=O) groups is 1. The van der Waals surface area contributed by atoms with Crippen molar-refractivity contribution < 1.29 is 14.3 Å². The molecule has 1 N–H and O–H groups in total. The molecule has 5 nitrogen and oxygen atoms in total. The Labute approximate surface area is 124 Å². The van der Waals surface area contributed by atoms with Crippen LogP contribution in [-0.2, 0) is 10.2 Å². The zero-order valence-electron chi connectivity index (χ0n) is 12.8. The van der Waals surface area contributed by atoms with Gasteiger partial charge in [-0.3, -0.25) is 5.32 Å². The van der Waals surface area contributed by atoms with E-state index in [2.05, 4.69) is 11.4 Å². The highest BCUT2D eigenvalue weighted by Gasteiger charge is 2.46. The fraction of sp³-hybridized carbons (Fsp3) is 0.500. The second-order valence-corrected chi connectivity index (χ2v) is 6.23. The second kappa shape index (κ2) is 5.28. The molecule has 1 aliphatic carbocycles. The van der Waals surface area contributed by atoms with E-state index in [-0.39, 0.29) is 0 Å². The van der Waals surface area contributed by atoms with Crippen LogP contribution >= 0.6 is 0 Å². The molecule has 0 saturated heterocycles. The standard InChI is InChI=1S/C16H20N2O3/c1-15(2,3)21-14(19)18-13-6-5-11(20-4)9-12(13)16(10-17)7-8-16/h5-6,9H,7-8H2,1-4H3,(H,18,19). The van der Waals surface area contributed by atoms with Gasteiger partial charge >= 0.3 is 6.09 Å². The lowest BCUT2D eigenvalue weighted by molar-refractivity contribution is 0.0635. The van der Waals surface area contributed by atoms with Gasteiger partial charge in [0.2, 0.25) is 0 Å². The van der Waals surface area contributed by atoms with Gasteiger partial charge in [-0.2, -0.15) is 5.26 Å². The van der Waals surface area contributed by atoms with Crippen molar-refractivity contribution in [2.24, 2.45) is 0 Å². The highest BCUT2D eigenvalue weighted by Crippen LogP contribution is 2.51. The highest BCUT2D eigenvalue weighted by molar-refractivity contribution is 5.87. The van der Waals surface area contributed by atoms with E-state index in [4.69, 9.17) is 9.47 Å². The summed E-state index contributed by atoms with van der Waals surface area (Å²) in [5.41, 5.74) is 0.307. The number of nitrogens with one attached hydrogen (secondary N) is 1. The van der Waals surface area contributed by atoms with E-state index in [0.29, 0.717) is 11.4 Å². The number of benzene rings is 1. The van der Waals surface area contributed by atoms with Crippen LogP contribution < -0.4 is 10.1 Å². The van der Waals surface area contributed by atoms with E-state index in [9.17, 15) is 10.1 Å². The highest BCUT2D eigenvalue weighted by atomic mass is 16.6. The molecule has 2 rings (SSSR count). The third-order valence-corrected chi connectivity index (χ3v) is 3.34. The largest absolute Gasteiger partial charge is 0.497 e. The molecule has 112 valence electrons. The lowest BCUT2D eigenvalue weighted by Crippen LogP contribution is -2.28. The van der Waals surface area contributed by atoms with E-state index in [1.54, 1.807) is 40.0 Å². The summed E-state index contributed by atoms with van der Waals surface area (Å²) in [7, 11) is 1.58. The molecule has 0 aromatic heterocycles. The van der Waals surface area contributed by atoms with Gasteiger partial charge in [0.25, 0.3) is 0 Å². The summed E-state index contributed by atoms with van der Waals surface area (Å²) in [5, 5.41) is 12.1. The molecule has 0 atom stereocenters. The summed E-state index contributed by atoms with van der Waals surface area (Å²) >= 11 is 0. The minimum Gasteiger partial charge on any atom is -0.497 e. The number of hydrogen-bond acceptors (Lipinski definition) is 4. The summed E-state index contributed by atoms with van der Waals surface area (Å²) in [6.45, 7) is 5.41. The first kappa shape index (κ1) is 15.2. The molecule has 21 heavy (non-hydrogen) atoms. The Morgan fingerprint density at radius 1 is 1.38 bits per heavy atom. The minimum atomic E-state index is -0.566. The average Bonchev–Trinajstić information content (AvgIpc) is 3.18. The van der Waals surface area contributed by atoms with Crippen molar-refractivity contribution in [2.75, 3.05) is 12.4 Å². The molecule has 0 bridgehead atoms. The Hall–Kier alpha value is -2.22. The first-order valence-corrected chi connectivity index (χ1v) is 6.89. The zero-order valence-corrected chi connectivity index (χ0v) is 12.8. The maximum absolute atomic E-state index is 11.9. The number of nitriles is 1. The Kier molecular flexibility index (Phi) is 3.82. The van der Waals surface area contributed by atoms with Gasteiger partial charge in [-0.1, -0.05) is 0 Å². The molecule has 1 fully saturated rings. The van der Waals surface area contributed by atoms with E-state index in [0.717, 1.165) is 18.4 Å². The maximum atomic E-state index is 11.9. The topological polar surface area (TPSA) is 71.3 Å². The summed E-state index contributed by atoms with van der Waals surface area (Å²) < 4.78 is 10.5. The predicted octanol–water partition coefficient (Wildman–Crippen LogP) is 3.60. The van der Waals surface area contributed by atoms with Gasteiger partial charge in [-0.05, 0) is 57.4 Å². The Bertz CT molecular complexity index is 593. The fourth-order valence-electron chi connectivity index (χ4n) is 2.14. The minimum absolute atomic E-state index is 0.515. The third kappa shape index (κ3) is 3.46. The number of rotatable bonds is 3. The lowest BCUT2D eigenvalue weighted by atomic mass is 9.95. The zero-order chi connectivity index (χ0) is 15.7. The third-order valence-electron chi connectivity index (χ3n) is 3.34. The van der Waals surface area contributed by atoms with Crippen LogP contribution in [0.25, 0.3) is 0 Å². The smallest absolute Gasteiger partial charge is 0.412 e. The fourth-order valence-corrected chi connectivity index (χ4v) is 2.14. The molecule has 1 aliphatic rings. The monoisotopic (exact) mass is 288 g/mol. The van der Waals surface area contributed by atoms with Crippen LogP contribution in [0.3, 0.4) is 0 Å². The van der Waals surface area contributed by atoms with Gasteiger partial charge in [-0.15, -0.1) is 0 Å². The number of nitrogens with zero attached hydrogens (tertiary/aromatic N) is 1. The first-order valence-electron chi connectivity index (χ1n) is 6.89. The molecule has 0 radical (unpaired) electrons. The van der Waals surface area contributed by atoms with Crippen molar-refractivity contribution in [3.05, 3.63) is 23.8 Å². The van der Waals surface area contributed by atoms with E-state index in [1.807, 2.05) is 6.07 Å².